The average Bonchev–Trinajstić information content (AvgIpc) is 3.33. The lowest BCUT2D eigenvalue weighted by Gasteiger charge is -2.28. The summed E-state index contributed by atoms with van der Waals surface area (Å²) in [7, 11) is 0. The number of nitrogens with one attached hydrogen (secondary N) is 2. The largest absolute Gasteiger partial charge is 0.345 e. The Hall–Kier alpha value is -4.28. The van der Waals surface area contributed by atoms with Gasteiger partial charge in [-0.3, -0.25) is 19.2 Å². The topological polar surface area (TPSA) is 142 Å². The van der Waals surface area contributed by atoms with E-state index >= 15 is 0 Å². The average molecular weight is 496 g/mol. The number of anilines is 2. The molecule has 36 heavy (non-hydrogen) atoms. The van der Waals surface area contributed by atoms with E-state index in [1.54, 1.807) is 42.5 Å². The lowest BCUT2D eigenvalue weighted by atomic mass is 9.99. The number of hydrogen-bond donors (Lipinski definition) is 2. The highest BCUT2D eigenvalue weighted by atomic mass is 16.7. The standard InChI is InChI=1S/C25H29N5O6/c1-16(26-18(3)31)24(33)27-17(2)25(34)28-15-9-14-22(28)23(32)20-12-7-8-13-21(20)29(30(35)36)19-10-5-4-6-11-19/h4-8,10-13,16-17,22H,9,14-15H2,1-3H3,(H,26,31)(H,27,33)/t16-,17-,22-/m0/s1. The maximum atomic E-state index is 13.6. The van der Waals surface area contributed by atoms with Crippen LogP contribution in [0.2, 0.25) is 0 Å². The first-order chi connectivity index (χ1) is 17.1. The molecule has 3 rings (SSSR count). The van der Waals surface area contributed by atoms with Gasteiger partial charge in [0.2, 0.25) is 17.7 Å². The lowest BCUT2D eigenvalue weighted by Crippen LogP contribution is -2.54. The molecule has 190 valence electrons. The number of Topliss-reactive ketones (excluding diaryl/α,β-unsaturated/α-hetero) is 1. The van der Waals surface area contributed by atoms with Crippen molar-refractivity contribution in [1.29, 1.82) is 0 Å². The molecular formula is C25H29N5O6. The van der Waals surface area contributed by atoms with E-state index in [2.05, 4.69) is 10.6 Å². The highest BCUT2D eigenvalue weighted by molar-refractivity contribution is 6.07. The van der Waals surface area contributed by atoms with Crippen molar-refractivity contribution in [2.45, 2.75) is 51.7 Å². The monoisotopic (exact) mass is 495 g/mol. The summed E-state index contributed by atoms with van der Waals surface area (Å²) in [6, 6.07) is 11.9. The Bertz CT molecular complexity index is 1150. The number of carbonyl (C=O) groups is 4. The number of carbonyl (C=O) groups excluding carboxylic acids is 4. The van der Waals surface area contributed by atoms with E-state index in [1.807, 2.05) is 0 Å². The van der Waals surface area contributed by atoms with Crippen molar-refractivity contribution in [2.24, 2.45) is 0 Å². The predicted molar refractivity (Wildman–Crippen MR) is 132 cm³/mol. The summed E-state index contributed by atoms with van der Waals surface area (Å²) in [6.07, 6.45) is 0.969. The first kappa shape index (κ1) is 26.3. The molecule has 11 heteroatoms. The first-order valence-electron chi connectivity index (χ1n) is 11.6. The number of benzene rings is 2. The second-order valence-corrected chi connectivity index (χ2v) is 8.61. The molecule has 1 heterocycles. The van der Waals surface area contributed by atoms with Gasteiger partial charge >= 0.3 is 0 Å². The number of para-hydroxylation sites is 2. The molecule has 2 aromatic carbocycles. The van der Waals surface area contributed by atoms with Crippen molar-refractivity contribution >= 4 is 34.9 Å². The molecule has 0 radical (unpaired) electrons. The first-order valence-corrected chi connectivity index (χ1v) is 11.6. The van der Waals surface area contributed by atoms with Gasteiger partial charge in [0, 0.05) is 19.0 Å². The number of hydrazine groups is 1. The molecule has 11 nitrogen and oxygen atoms in total. The number of likely N-dealkylation sites (tertiary alicyclic amines) is 1. The van der Waals surface area contributed by atoms with Crippen LogP contribution in [-0.2, 0) is 14.4 Å². The highest BCUT2D eigenvalue weighted by Gasteiger charge is 2.39. The van der Waals surface area contributed by atoms with Gasteiger partial charge in [0.15, 0.2) is 10.8 Å². The van der Waals surface area contributed by atoms with Gasteiger partial charge in [0.25, 0.3) is 0 Å². The van der Waals surface area contributed by atoms with Crippen LogP contribution < -0.4 is 15.6 Å². The molecule has 1 fully saturated rings. The van der Waals surface area contributed by atoms with Gasteiger partial charge in [-0.2, -0.15) is 0 Å². The van der Waals surface area contributed by atoms with Gasteiger partial charge in [0.1, 0.15) is 23.5 Å². The van der Waals surface area contributed by atoms with Gasteiger partial charge in [-0.25, -0.2) is 10.1 Å². The Labute approximate surface area is 208 Å². The fraction of sp³-hybridized carbons (Fsp3) is 0.360. The summed E-state index contributed by atoms with van der Waals surface area (Å²) in [4.78, 5) is 63.7. The molecule has 1 aliphatic rings. The second kappa shape index (κ2) is 11.4. The number of nitro groups is 1. The SMILES string of the molecule is CC(=O)N[C@@H](C)C(=O)N[C@@H](C)C(=O)N1CCC[C@H]1C(=O)c1ccccc1N(c1ccccc1)[N+](=O)[O-]. The van der Waals surface area contributed by atoms with Crippen LogP contribution in [-0.4, -0.2) is 58.1 Å². The van der Waals surface area contributed by atoms with Crippen LogP contribution >= 0.6 is 0 Å². The van der Waals surface area contributed by atoms with E-state index < -0.39 is 40.8 Å². The maximum absolute atomic E-state index is 13.6. The van der Waals surface area contributed by atoms with E-state index in [4.69, 9.17) is 0 Å². The van der Waals surface area contributed by atoms with Crippen molar-refractivity contribution in [3.8, 4) is 0 Å². The van der Waals surface area contributed by atoms with Crippen LogP contribution in [0.15, 0.2) is 54.6 Å². The summed E-state index contributed by atoms with van der Waals surface area (Å²) < 4.78 is 0. The number of nitrogens with zero attached hydrogens (tertiary/aromatic N) is 3. The van der Waals surface area contributed by atoms with Gasteiger partial charge in [-0.1, -0.05) is 35.3 Å². The molecular weight excluding hydrogens is 466 g/mol. The minimum atomic E-state index is -0.933. The summed E-state index contributed by atoms with van der Waals surface area (Å²) in [5.41, 5.74) is 0.508. The minimum absolute atomic E-state index is 0.100. The third kappa shape index (κ3) is 5.85. The molecule has 0 saturated carbocycles. The molecule has 0 bridgehead atoms. The molecule has 3 atom stereocenters. The van der Waals surface area contributed by atoms with E-state index in [9.17, 15) is 29.3 Å². The van der Waals surface area contributed by atoms with E-state index in [0.717, 1.165) is 5.01 Å². The Morgan fingerprint density at radius 3 is 2.28 bits per heavy atom. The van der Waals surface area contributed by atoms with Gasteiger partial charge in [0.05, 0.1) is 6.04 Å². The molecule has 0 aliphatic carbocycles. The molecule has 1 aliphatic heterocycles. The smallest absolute Gasteiger partial charge is 0.245 e. The molecule has 2 N–H and O–H groups in total. The normalized spacial score (nSPS) is 16.5. The molecule has 0 aromatic heterocycles. The van der Waals surface area contributed by atoms with Crippen molar-refractivity contribution < 1.29 is 24.2 Å². The number of ketones is 1. The van der Waals surface area contributed by atoms with Crippen molar-refractivity contribution in [2.75, 3.05) is 11.6 Å². The van der Waals surface area contributed by atoms with Crippen LogP contribution in [0.4, 0.5) is 11.4 Å². The van der Waals surface area contributed by atoms with Crippen molar-refractivity contribution in [1.82, 2.24) is 15.5 Å². The van der Waals surface area contributed by atoms with Crippen molar-refractivity contribution in [3.63, 3.8) is 0 Å². The van der Waals surface area contributed by atoms with Crippen LogP contribution in [0.5, 0.6) is 0 Å². The fourth-order valence-electron chi connectivity index (χ4n) is 4.26. The lowest BCUT2D eigenvalue weighted by molar-refractivity contribution is -0.483. The Kier molecular flexibility index (Phi) is 8.36. The summed E-state index contributed by atoms with van der Waals surface area (Å²) in [5.74, 6) is -1.76. The highest BCUT2D eigenvalue weighted by Crippen LogP contribution is 2.32. The summed E-state index contributed by atoms with van der Waals surface area (Å²) in [5, 5.41) is 17.3. The van der Waals surface area contributed by atoms with Crippen LogP contribution in [0, 0.1) is 10.1 Å². The van der Waals surface area contributed by atoms with Gasteiger partial charge < -0.3 is 15.5 Å². The zero-order valence-electron chi connectivity index (χ0n) is 20.3. The summed E-state index contributed by atoms with van der Waals surface area (Å²) in [6.45, 7) is 4.62. The molecule has 0 spiro atoms. The Balaban J connectivity index is 1.83. The Morgan fingerprint density at radius 2 is 1.64 bits per heavy atom. The van der Waals surface area contributed by atoms with E-state index in [0.29, 0.717) is 19.4 Å². The zero-order valence-corrected chi connectivity index (χ0v) is 20.3. The van der Waals surface area contributed by atoms with Crippen LogP contribution in [0.25, 0.3) is 0 Å². The number of amides is 3. The molecule has 0 unspecified atom stereocenters. The fourth-order valence-corrected chi connectivity index (χ4v) is 4.26. The molecule has 1 saturated heterocycles. The third-order valence-electron chi connectivity index (χ3n) is 5.94. The predicted octanol–water partition coefficient (Wildman–Crippen LogP) is 2.22. The minimum Gasteiger partial charge on any atom is -0.345 e. The quantitative estimate of drug-likeness (QED) is 0.309. The second-order valence-electron chi connectivity index (χ2n) is 8.61. The molecule has 2 aromatic rings. The zero-order chi connectivity index (χ0) is 26.4. The number of rotatable bonds is 9. The van der Waals surface area contributed by atoms with Crippen LogP contribution in [0.1, 0.15) is 44.0 Å². The van der Waals surface area contributed by atoms with E-state index in [1.165, 1.54) is 37.8 Å². The van der Waals surface area contributed by atoms with Gasteiger partial charge in [-0.05, 0) is 51.0 Å². The molecule has 3 amide bonds. The van der Waals surface area contributed by atoms with E-state index in [-0.39, 0.29) is 22.8 Å². The Morgan fingerprint density at radius 1 is 1.00 bits per heavy atom. The third-order valence-corrected chi connectivity index (χ3v) is 5.94. The van der Waals surface area contributed by atoms with Crippen molar-refractivity contribution in [3.05, 3.63) is 70.3 Å². The van der Waals surface area contributed by atoms with Gasteiger partial charge in [-0.15, -0.1) is 0 Å². The maximum Gasteiger partial charge on any atom is 0.245 e. The number of hydrogen-bond acceptors (Lipinski definition) is 6. The van der Waals surface area contributed by atoms with Crippen LogP contribution in [0.3, 0.4) is 0 Å². The summed E-state index contributed by atoms with van der Waals surface area (Å²) >= 11 is 0.